The number of anilines is 2. The van der Waals surface area contributed by atoms with Gasteiger partial charge in [-0.15, -0.1) is 0 Å². The van der Waals surface area contributed by atoms with E-state index >= 15 is 0 Å². The first kappa shape index (κ1) is 31.0. The molecule has 0 spiro atoms. The molecule has 45 heavy (non-hydrogen) atoms. The van der Waals surface area contributed by atoms with Crippen molar-refractivity contribution in [3.05, 3.63) is 65.4 Å². The van der Waals surface area contributed by atoms with Crippen LogP contribution in [-0.2, 0) is 17.8 Å². The van der Waals surface area contributed by atoms with Crippen LogP contribution < -0.4 is 14.5 Å². The Hall–Kier alpha value is -4.01. The molecule has 0 aliphatic carbocycles. The summed E-state index contributed by atoms with van der Waals surface area (Å²) in [4.78, 5) is 31.4. The Morgan fingerprint density at radius 3 is 2.76 bits per heavy atom. The topological polar surface area (TPSA) is 88.8 Å². The molecule has 0 bridgehead atoms. The van der Waals surface area contributed by atoms with E-state index in [-0.39, 0.29) is 5.91 Å². The molecular formula is C34H39FN7O2Si. The third-order valence-electron chi connectivity index (χ3n) is 9.41. The van der Waals surface area contributed by atoms with Gasteiger partial charge in [0.05, 0.1) is 40.1 Å². The number of nitriles is 1. The maximum Gasteiger partial charge on any atom is 0.318 e. The number of fused-ring (bicyclic) bond motifs is 2. The van der Waals surface area contributed by atoms with Crippen LogP contribution in [0.2, 0.25) is 5.54 Å². The first-order chi connectivity index (χ1) is 21.9. The molecule has 3 aliphatic rings. The van der Waals surface area contributed by atoms with Crippen molar-refractivity contribution >= 4 is 38.4 Å². The summed E-state index contributed by atoms with van der Waals surface area (Å²) < 4.78 is 19.1. The number of carbonyl (C=O) groups excluding carboxylic acids is 1. The minimum atomic E-state index is -0.714. The predicted molar refractivity (Wildman–Crippen MR) is 175 cm³/mol. The number of piperazine rings is 1. The van der Waals surface area contributed by atoms with Crippen LogP contribution in [0.15, 0.2) is 48.6 Å². The van der Waals surface area contributed by atoms with Crippen molar-refractivity contribution in [1.29, 1.82) is 5.26 Å². The number of ether oxygens (including phenoxy) is 1. The molecule has 2 aromatic carbocycles. The number of allylic oxidation sites excluding steroid dienone is 1. The Bertz CT molecular complexity index is 1620. The molecule has 0 saturated carbocycles. The van der Waals surface area contributed by atoms with Gasteiger partial charge in [-0.25, -0.2) is 4.39 Å². The Morgan fingerprint density at radius 1 is 1.18 bits per heavy atom. The average molecular weight is 625 g/mol. The molecule has 2 saturated heterocycles. The summed E-state index contributed by atoms with van der Waals surface area (Å²) in [5.41, 5.74) is 3.83. The standard InChI is InChI=1S/C34H39FN7O2Si/c1-23-7-3-8-24-9-4-11-28(32(23)24)40-16-13-26-27(20-40)37-34(44-22-25-10-6-15-39(25)2)38-33(26)41-17-18-42(31(43)12-5-14-35)29(21-41)30(45)19-36/h3-5,7-9,11-12,25,29-30H,6,10,13-18,20-22H2,1-2H3/b12-5+/t25-,29-,30+/m1/s1. The SMILES string of the molecule is Cc1cccc2cccc(N3CCc4c(nc(OC[C@H]5CCCN5C)nc4N4CCN(C(=O)/C=C/CF)[C@@H]([C@@H]([Si])C#N)C4)C3)c12. The smallest absolute Gasteiger partial charge is 0.318 e. The summed E-state index contributed by atoms with van der Waals surface area (Å²) in [5.74, 6) is 0.503. The molecule has 3 atom stereocenters. The van der Waals surface area contributed by atoms with Gasteiger partial charge in [0.15, 0.2) is 0 Å². The van der Waals surface area contributed by atoms with Crippen molar-refractivity contribution in [1.82, 2.24) is 19.8 Å². The van der Waals surface area contributed by atoms with Crippen LogP contribution in [0.4, 0.5) is 15.9 Å². The molecule has 3 radical (unpaired) electrons. The number of nitrogens with zero attached hydrogens (tertiary/aromatic N) is 7. The van der Waals surface area contributed by atoms with Gasteiger partial charge in [-0.1, -0.05) is 30.3 Å². The Kier molecular flexibility index (Phi) is 9.33. The number of rotatable bonds is 8. The highest BCUT2D eigenvalue weighted by atomic mass is 28.1. The van der Waals surface area contributed by atoms with E-state index in [1.807, 2.05) is 0 Å². The number of hydrogen-bond donors (Lipinski definition) is 0. The molecule has 3 aromatic rings. The summed E-state index contributed by atoms with van der Waals surface area (Å²) in [6.45, 7) is 5.74. The second-order valence-electron chi connectivity index (χ2n) is 12.2. The highest BCUT2D eigenvalue weighted by Gasteiger charge is 2.36. The fourth-order valence-corrected chi connectivity index (χ4v) is 7.22. The first-order valence-electron chi connectivity index (χ1n) is 15.7. The molecule has 4 heterocycles. The summed E-state index contributed by atoms with van der Waals surface area (Å²) in [6.07, 6.45) is 5.43. The van der Waals surface area contributed by atoms with Crippen LogP contribution in [0.3, 0.4) is 0 Å². The quantitative estimate of drug-likeness (QED) is 0.275. The lowest BCUT2D eigenvalue weighted by Gasteiger charge is -2.43. The van der Waals surface area contributed by atoms with Crippen LogP contribution in [-0.4, -0.2) is 101 Å². The number of aryl methyl sites for hydroxylation is 1. The maximum atomic E-state index is 12.9. The number of alkyl halides is 1. The van der Waals surface area contributed by atoms with Gasteiger partial charge >= 0.3 is 6.01 Å². The van der Waals surface area contributed by atoms with Gasteiger partial charge in [0.25, 0.3) is 0 Å². The molecule has 233 valence electrons. The number of halogens is 1. The van der Waals surface area contributed by atoms with Gasteiger partial charge in [0.2, 0.25) is 5.91 Å². The summed E-state index contributed by atoms with van der Waals surface area (Å²) in [7, 11) is 5.67. The molecule has 0 unspecified atom stereocenters. The fourth-order valence-electron chi connectivity index (χ4n) is 6.94. The number of aromatic nitrogens is 2. The lowest BCUT2D eigenvalue weighted by Crippen LogP contribution is -2.57. The second kappa shape index (κ2) is 13.5. The summed E-state index contributed by atoms with van der Waals surface area (Å²) in [5, 5.41) is 12.3. The van der Waals surface area contributed by atoms with E-state index in [1.54, 1.807) is 4.90 Å². The van der Waals surface area contributed by atoms with E-state index in [0.29, 0.717) is 44.8 Å². The molecule has 3 aliphatic heterocycles. The van der Waals surface area contributed by atoms with Crippen molar-refractivity contribution in [2.24, 2.45) is 0 Å². The zero-order valence-electron chi connectivity index (χ0n) is 26.0. The number of benzene rings is 2. The molecule has 1 aromatic heterocycles. The number of amides is 1. The number of likely N-dealkylation sites (N-methyl/N-ethyl adjacent to an activating group) is 1. The third-order valence-corrected chi connectivity index (χ3v) is 9.92. The summed E-state index contributed by atoms with van der Waals surface area (Å²) in [6, 6.07) is 15.3. The fraction of sp³-hybridized carbons (Fsp3) is 0.471. The second-order valence-corrected chi connectivity index (χ2v) is 12.8. The number of hydrogen-bond acceptors (Lipinski definition) is 8. The largest absolute Gasteiger partial charge is 0.462 e. The van der Waals surface area contributed by atoms with E-state index in [0.717, 1.165) is 49.4 Å². The minimum Gasteiger partial charge on any atom is -0.462 e. The normalized spacial score (nSPS) is 21.3. The predicted octanol–water partition coefficient (Wildman–Crippen LogP) is 4.00. The van der Waals surface area contributed by atoms with Gasteiger partial charge in [0.1, 0.15) is 19.1 Å². The van der Waals surface area contributed by atoms with E-state index in [2.05, 4.69) is 81.4 Å². The van der Waals surface area contributed by atoms with Gasteiger partial charge in [0, 0.05) is 54.9 Å². The van der Waals surface area contributed by atoms with E-state index in [1.165, 1.54) is 34.2 Å². The van der Waals surface area contributed by atoms with Crippen LogP contribution in [0.5, 0.6) is 6.01 Å². The highest BCUT2D eigenvalue weighted by Crippen LogP contribution is 2.36. The van der Waals surface area contributed by atoms with Crippen molar-refractivity contribution in [2.75, 3.05) is 62.9 Å². The Labute approximate surface area is 267 Å². The average Bonchev–Trinajstić information content (AvgIpc) is 3.49. The van der Waals surface area contributed by atoms with E-state index in [4.69, 9.17) is 14.7 Å². The van der Waals surface area contributed by atoms with Gasteiger partial charge < -0.3 is 24.3 Å². The zero-order chi connectivity index (χ0) is 31.5. The molecular weight excluding hydrogens is 586 g/mol. The van der Waals surface area contributed by atoms with Crippen molar-refractivity contribution in [3.8, 4) is 12.1 Å². The molecule has 9 nitrogen and oxygen atoms in total. The molecule has 1 amide bonds. The molecule has 0 N–H and O–H groups in total. The highest BCUT2D eigenvalue weighted by molar-refractivity contribution is 6.14. The van der Waals surface area contributed by atoms with Crippen LogP contribution in [0, 0.1) is 18.3 Å². The van der Waals surface area contributed by atoms with E-state index < -0.39 is 18.3 Å². The van der Waals surface area contributed by atoms with E-state index in [9.17, 15) is 14.4 Å². The number of likely N-dealkylation sites (tertiary alicyclic amines) is 1. The lowest BCUT2D eigenvalue weighted by atomic mass is 9.99. The third kappa shape index (κ3) is 6.40. The van der Waals surface area contributed by atoms with Gasteiger partial charge in [-0.3, -0.25) is 4.79 Å². The lowest BCUT2D eigenvalue weighted by molar-refractivity contribution is -0.128. The minimum absolute atomic E-state index is 0.300. The Balaban J connectivity index is 1.34. The molecule has 6 rings (SSSR count). The molecule has 11 heteroatoms. The van der Waals surface area contributed by atoms with Crippen LogP contribution in [0.1, 0.15) is 29.7 Å². The maximum absolute atomic E-state index is 12.9. The number of carbonyl (C=O) groups is 1. The monoisotopic (exact) mass is 624 g/mol. The van der Waals surface area contributed by atoms with Gasteiger partial charge in [-0.05, 0) is 62.9 Å². The van der Waals surface area contributed by atoms with Crippen LogP contribution in [0.25, 0.3) is 10.8 Å². The Morgan fingerprint density at radius 2 is 2.00 bits per heavy atom. The van der Waals surface area contributed by atoms with Crippen LogP contribution >= 0.6 is 0 Å². The van der Waals surface area contributed by atoms with Crippen molar-refractivity contribution in [3.63, 3.8) is 0 Å². The van der Waals surface area contributed by atoms with Crippen molar-refractivity contribution in [2.45, 2.75) is 50.4 Å². The summed E-state index contributed by atoms with van der Waals surface area (Å²) >= 11 is 0. The van der Waals surface area contributed by atoms with Gasteiger partial charge in [-0.2, -0.15) is 15.2 Å². The first-order valence-corrected chi connectivity index (χ1v) is 16.3. The van der Waals surface area contributed by atoms with Crippen molar-refractivity contribution < 1.29 is 13.9 Å². The zero-order valence-corrected chi connectivity index (χ0v) is 27.0. The molecule has 2 fully saturated rings.